The number of carbonyl (C=O) groups excluding carboxylic acids is 4. The lowest BCUT2D eigenvalue weighted by Gasteiger charge is -2.32. The van der Waals surface area contributed by atoms with Gasteiger partial charge in [0.25, 0.3) is 5.91 Å². The normalized spacial score (nSPS) is 17.4. The summed E-state index contributed by atoms with van der Waals surface area (Å²) in [6.07, 6.45) is 7.97. The Labute approximate surface area is 395 Å². The predicted octanol–water partition coefficient (Wildman–Crippen LogP) is 8.46. The molecule has 4 amide bonds. The number of benzene rings is 3. The molecule has 3 aliphatic rings. The predicted molar refractivity (Wildman–Crippen MR) is 256 cm³/mol. The molecule has 0 saturated carbocycles. The van der Waals surface area contributed by atoms with Gasteiger partial charge in [-0.2, -0.15) is 0 Å². The molecular weight excluding hydrogens is 892 g/mol. The van der Waals surface area contributed by atoms with Gasteiger partial charge in [0, 0.05) is 66.5 Å². The van der Waals surface area contributed by atoms with E-state index in [9.17, 15) is 27.6 Å². The largest absolute Gasteiger partial charge is 0.343 e. The van der Waals surface area contributed by atoms with Crippen LogP contribution in [0.15, 0.2) is 72.9 Å². The van der Waals surface area contributed by atoms with Gasteiger partial charge in [0.15, 0.2) is 0 Å². The fraction of sp³-hybridized carbons (Fsp3) is 0.420. The van der Waals surface area contributed by atoms with Crippen LogP contribution in [0.25, 0.3) is 21.8 Å². The maximum Gasteiger partial charge on any atom is 0.255 e. The van der Waals surface area contributed by atoms with Gasteiger partial charge in [0.05, 0.1) is 21.3 Å². The summed E-state index contributed by atoms with van der Waals surface area (Å²) in [6, 6.07) is 19.9. The fourth-order valence-electron chi connectivity index (χ4n) is 9.28. The number of unbranched alkanes of at least 4 members (excludes halogenated alkanes) is 2. The summed E-state index contributed by atoms with van der Waals surface area (Å²) in [5.74, 6) is -0.699. The second-order valence-electron chi connectivity index (χ2n) is 18.8. The first kappa shape index (κ1) is 47.6. The van der Waals surface area contributed by atoms with Crippen molar-refractivity contribution in [2.45, 2.75) is 121 Å². The Morgan fingerprint density at radius 2 is 1.73 bits per heavy atom. The number of nitrogens with two attached hydrogens (primary N) is 1. The summed E-state index contributed by atoms with van der Waals surface area (Å²) < 4.78 is 41.1. The molecule has 14 nitrogen and oxygen atoms in total. The molecule has 0 spiro atoms. The Morgan fingerprint density at radius 3 is 2.43 bits per heavy atom. The first-order chi connectivity index (χ1) is 32.0. The summed E-state index contributed by atoms with van der Waals surface area (Å²) in [5.41, 5.74) is 5.30. The van der Waals surface area contributed by atoms with Crippen LogP contribution in [-0.4, -0.2) is 75.9 Å². The number of nitrogens with one attached hydrogen (secondary N) is 2. The maximum atomic E-state index is 16.3. The maximum absolute atomic E-state index is 16.3. The topological polar surface area (TPSA) is 198 Å². The number of rotatable bonds is 15. The zero-order valence-electron chi connectivity index (χ0n) is 38.3. The smallest absolute Gasteiger partial charge is 0.255 e. The number of imide groups is 1. The molecule has 4 N–H and O–H groups in total. The monoisotopic (exact) mass is 948 g/mol. The minimum Gasteiger partial charge on any atom is -0.343 e. The van der Waals surface area contributed by atoms with Gasteiger partial charge in [-0.25, -0.2) is 32.9 Å². The Morgan fingerprint density at radius 1 is 0.970 bits per heavy atom. The number of hydrogen-bond donors (Lipinski definition) is 3. The lowest BCUT2D eigenvalue weighted by Crippen LogP contribution is -2.52. The van der Waals surface area contributed by atoms with E-state index < -0.39 is 33.0 Å². The van der Waals surface area contributed by atoms with Gasteiger partial charge >= 0.3 is 0 Å². The highest BCUT2D eigenvalue weighted by atomic mass is 32.2. The van der Waals surface area contributed by atoms with Crippen molar-refractivity contribution in [3.8, 4) is 21.8 Å². The van der Waals surface area contributed by atoms with Crippen LogP contribution < -0.4 is 15.8 Å². The van der Waals surface area contributed by atoms with E-state index in [1.807, 2.05) is 56.0 Å². The molecule has 0 aliphatic carbocycles. The van der Waals surface area contributed by atoms with E-state index in [1.54, 1.807) is 36.2 Å². The zero-order chi connectivity index (χ0) is 47.6. The van der Waals surface area contributed by atoms with Crippen molar-refractivity contribution in [1.29, 1.82) is 0 Å². The first-order valence-electron chi connectivity index (χ1n) is 23.0. The lowest BCUT2D eigenvalue weighted by molar-refractivity contribution is -0.137. The van der Waals surface area contributed by atoms with Gasteiger partial charge in [-0.15, -0.1) is 11.3 Å². The third-order valence-corrected chi connectivity index (χ3v) is 15.9. The first-order valence-corrected chi connectivity index (χ1v) is 25.5. The molecule has 3 aliphatic heterocycles. The third kappa shape index (κ3) is 10.6. The van der Waals surface area contributed by atoms with Crippen molar-refractivity contribution in [3.63, 3.8) is 0 Å². The Kier molecular flexibility index (Phi) is 14.0. The van der Waals surface area contributed by atoms with Crippen LogP contribution in [0.3, 0.4) is 0 Å². The molecule has 3 aromatic carbocycles. The van der Waals surface area contributed by atoms with Crippen molar-refractivity contribution >= 4 is 56.6 Å². The number of likely N-dealkylation sites (tertiary alicyclic amines) is 1. The second-order valence-corrected chi connectivity index (χ2v) is 21.5. The Balaban J connectivity index is 0.822. The van der Waals surface area contributed by atoms with Crippen LogP contribution >= 0.6 is 11.3 Å². The van der Waals surface area contributed by atoms with Crippen molar-refractivity contribution in [2.24, 2.45) is 5.14 Å². The number of amides is 4. The minimum absolute atomic E-state index is 0.00375. The van der Waals surface area contributed by atoms with Gasteiger partial charge in [0.1, 0.15) is 17.1 Å². The zero-order valence-corrected chi connectivity index (χ0v) is 39.9. The molecule has 0 radical (unpaired) electrons. The van der Waals surface area contributed by atoms with E-state index in [4.69, 9.17) is 15.1 Å². The average molecular weight is 949 g/mol. The third-order valence-electron chi connectivity index (χ3n) is 13.0. The van der Waals surface area contributed by atoms with Crippen molar-refractivity contribution < 1.29 is 32.0 Å². The van der Waals surface area contributed by atoms with Gasteiger partial charge in [-0.05, 0) is 97.9 Å². The number of aromatic nitrogens is 3. The highest BCUT2D eigenvalue weighted by Crippen LogP contribution is 2.43. The van der Waals surface area contributed by atoms with E-state index >= 15 is 4.39 Å². The number of sulfonamides is 1. The van der Waals surface area contributed by atoms with Gasteiger partial charge < -0.3 is 15.1 Å². The quantitative estimate of drug-likeness (QED) is 0.0676. The van der Waals surface area contributed by atoms with Crippen LogP contribution in [0.2, 0.25) is 0 Å². The van der Waals surface area contributed by atoms with E-state index in [0.717, 1.165) is 60.3 Å². The van der Waals surface area contributed by atoms with Crippen LogP contribution in [0.1, 0.15) is 134 Å². The Hall–Kier alpha value is -5.91. The number of halogens is 1. The Bertz CT molecular complexity index is 2800. The number of aryl methyl sites for hydroxylation is 1. The van der Waals surface area contributed by atoms with E-state index in [2.05, 4.69) is 27.8 Å². The molecule has 67 heavy (non-hydrogen) atoms. The molecule has 5 aromatic rings. The molecule has 5 heterocycles. The molecule has 2 aromatic heterocycles. The molecule has 352 valence electrons. The van der Waals surface area contributed by atoms with Crippen molar-refractivity contribution in [1.82, 2.24) is 30.1 Å². The van der Waals surface area contributed by atoms with Crippen molar-refractivity contribution in [2.75, 3.05) is 18.4 Å². The summed E-state index contributed by atoms with van der Waals surface area (Å²) in [6.45, 7) is 9.52. The SMILES string of the molecule is CCC(c1cccc(-c2nc(C(C)(C)C)sc2-c2ccnc(Nc3ccc(C4CCN(C(=O)CCCCCc5ccc6c(c5)C(=O)N(C5CCC(=O)NC5=O)C6)CC4)cc3)n2)c1F)S(N)(=O)=O. The molecule has 2 atom stereocenters. The van der Waals surface area contributed by atoms with Crippen LogP contribution in [0.5, 0.6) is 0 Å². The van der Waals surface area contributed by atoms with E-state index in [0.29, 0.717) is 66.2 Å². The highest BCUT2D eigenvalue weighted by molar-refractivity contribution is 7.89. The van der Waals surface area contributed by atoms with Gasteiger partial charge in [0.2, 0.25) is 33.7 Å². The highest BCUT2D eigenvalue weighted by Gasteiger charge is 2.39. The number of thiazole rings is 1. The second kappa shape index (κ2) is 19.7. The molecule has 2 unspecified atom stereocenters. The van der Waals surface area contributed by atoms with E-state index in [1.165, 1.54) is 23.0 Å². The summed E-state index contributed by atoms with van der Waals surface area (Å²) >= 11 is 1.41. The summed E-state index contributed by atoms with van der Waals surface area (Å²) in [7, 11) is -4.06. The molecule has 0 bridgehead atoms. The molecule has 2 saturated heterocycles. The van der Waals surface area contributed by atoms with E-state index in [-0.39, 0.29) is 47.1 Å². The van der Waals surface area contributed by atoms with Crippen LogP contribution in [0, 0.1) is 5.82 Å². The number of anilines is 2. The van der Waals surface area contributed by atoms with Gasteiger partial charge in [-0.1, -0.05) is 70.5 Å². The van der Waals surface area contributed by atoms with Crippen LogP contribution in [0.4, 0.5) is 16.0 Å². The number of hydrogen-bond acceptors (Lipinski definition) is 11. The number of nitrogens with zero attached hydrogens (tertiary/aromatic N) is 5. The molecule has 2 fully saturated rings. The summed E-state index contributed by atoms with van der Waals surface area (Å²) in [4.78, 5) is 68.7. The number of piperidine rings is 2. The average Bonchev–Trinajstić information content (AvgIpc) is 3.89. The number of fused-ring (bicyclic) bond motifs is 1. The molecule has 8 rings (SSSR count). The molecular formula is C50H57FN8O6S2. The number of primary sulfonamides is 1. The lowest BCUT2D eigenvalue weighted by atomic mass is 9.89. The van der Waals surface area contributed by atoms with Gasteiger partial charge in [-0.3, -0.25) is 24.5 Å². The van der Waals surface area contributed by atoms with Crippen molar-refractivity contribution in [3.05, 3.63) is 112 Å². The summed E-state index contributed by atoms with van der Waals surface area (Å²) in [5, 5.41) is 10.7. The minimum atomic E-state index is -4.06. The number of carbonyl (C=O) groups is 4. The standard InChI is InChI=1S/C50H57FN8O6S2/c1-5-40(67(52,64)65)35-11-9-12-36(43(35)51)44-45(66-48(57-44)50(2,3)4)38-22-25-53-49(55-38)54-34-18-16-31(17-19-34)32-23-26-58(27-24-32)42(61)13-8-6-7-10-30-14-15-33-29-59(47(63)37(33)28-30)39-20-21-41(60)56-46(39)62/h9,11-12,14-19,22,25,28,32,39-40H,5-8,10,13,20-21,23-24,26-27,29H2,1-4H3,(H2,52,64,65)(H,53,54,55)(H,56,60,62). The van der Waals surface area contributed by atoms with Crippen LogP contribution in [-0.2, 0) is 42.8 Å². The fourth-order valence-corrected chi connectivity index (χ4v) is 11.4. The molecule has 17 heteroatoms.